The summed E-state index contributed by atoms with van der Waals surface area (Å²) in [5.74, 6) is 0. The molecular formula is C8H8N6O. The molecule has 1 atom stereocenters. The van der Waals surface area contributed by atoms with Crippen LogP contribution < -0.4 is 0 Å². The van der Waals surface area contributed by atoms with Gasteiger partial charge in [0.15, 0.2) is 5.65 Å². The van der Waals surface area contributed by atoms with Gasteiger partial charge in [0, 0.05) is 28.9 Å². The average molecular weight is 204 g/mol. The Labute approximate surface area is 84.6 Å². The molecule has 0 saturated carbocycles. The summed E-state index contributed by atoms with van der Waals surface area (Å²) in [5.41, 5.74) is 9.64. The van der Waals surface area contributed by atoms with Crippen molar-refractivity contribution in [3.8, 4) is 0 Å². The smallest absolute Gasteiger partial charge is 0.154 e. The fourth-order valence-corrected chi connectivity index (χ4v) is 1.27. The minimum Gasteiger partial charge on any atom is -0.396 e. The highest BCUT2D eigenvalue weighted by atomic mass is 16.3. The van der Waals surface area contributed by atoms with E-state index in [-0.39, 0.29) is 6.61 Å². The maximum absolute atomic E-state index is 9.01. The summed E-state index contributed by atoms with van der Waals surface area (Å²) < 4.78 is 1.56. The largest absolute Gasteiger partial charge is 0.396 e. The zero-order chi connectivity index (χ0) is 10.7. The summed E-state index contributed by atoms with van der Waals surface area (Å²) in [6, 6.07) is 1.14. The Bertz CT molecular complexity index is 515. The lowest BCUT2D eigenvalue weighted by Crippen LogP contribution is -2.03. The molecule has 0 radical (unpaired) electrons. The normalized spacial score (nSPS) is 12.3. The van der Waals surface area contributed by atoms with Crippen LogP contribution in [0.2, 0.25) is 0 Å². The molecular weight excluding hydrogens is 196 g/mol. The van der Waals surface area contributed by atoms with E-state index in [1.807, 2.05) is 0 Å². The highest BCUT2D eigenvalue weighted by molar-refractivity contribution is 5.36. The van der Waals surface area contributed by atoms with Gasteiger partial charge in [-0.05, 0) is 5.53 Å². The third-order valence-corrected chi connectivity index (χ3v) is 2.02. The van der Waals surface area contributed by atoms with Gasteiger partial charge in [0.05, 0.1) is 18.8 Å². The third-order valence-electron chi connectivity index (χ3n) is 2.02. The second kappa shape index (κ2) is 3.95. The van der Waals surface area contributed by atoms with Crippen molar-refractivity contribution in [3.05, 3.63) is 40.7 Å². The van der Waals surface area contributed by atoms with Crippen molar-refractivity contribution in [2.75, 3.05) is 6.61 Å². The summed E-state index contributed by atoms with van der Waals surface area (Å²) in [6.07, 6.45) is 4.86. The van der Waals surface area contributed by atoms with Crippen molar-refractivity contribution in [2.24, 2.45) is 5.11 Å². The molecule has 2 heterocycles. The molecule has 1 unspecified atom stereocenters. The van der Waals surface area contributed by atoms with Gasteiger partial charge in [0.2, 0.25) is 0 Å². The van der Waals surface area contributed by atoms with Crippen LogP contribution in [-0.4, -0.2) is 26.3 Å². The highest BCUT2D eigenvalue weighted by Gasteiger charge is 2.09. The van der Waals surface area contributed by atoms with E-state index in [9.17, 15) is 0 Å². The number of aliphatic hydroxyl groups is 1. The molecule has 0 amide bonds. The van der Waals surface area contributed by atoms with Gasteiger partial charge >= 0.3 is 0 Å². The van der Waals surface area contributed by atoms with E-state index in [0.717, 1.165) is 0 Å². The summed E-state index contributed by atoms with van der Waals surface area (Å²) in [7, 11) is 0. The fraction of sp³-hybridized carbons (Fsp3) is 0.250. The van der Waals surface area contributed by atoms with Gasteiger partial charge in [-0.1, -0.05) is 5.11 Å². The van der Waals surface area contributed by atoms with E-state index >= 15 is 0 Å². The number of rotatable bonds is 3. The van der Waals surface area contributed by atoms with Crippen LogP contribution in [0, 0.1) is 0 Å². The number of fused-ring (bicyclic) bond motifs is 1. The lowest BCUT2D eigenvalue weighted by molar-refractivity contribution is 0.267. The Kier molecular flexibility index (Phi) is 2.49. The van der Waals surface area contributed by atoms with E-state index in [2.05, 4.69) is 20.1 Å². The molecule has 2 aromatic rings. The highest BCUT2D eigenvalue weighted by Crippen LogP contribution is 2.15. The Hall–Kier alpha value is -2.11. The number of azide groups is 1. The molecule has 0 aromatic carbocycles. The summed E-state index contributed by atoms with van der Waals surface area (Å²) in [6.45, 7) is -0.251. The van der Waals surface area contributed by atoms with E-state index in [0.29, 0.717) is 11.2 Å². The van der Waals surface area contributed by atoms with Crippen molar-refractivity contribution < 1.29 is 5.11 Å². The quantitative estimate of drug-likeness (QED) is 0.459. The summed E-state index contributed by atoms with van der Waals surface area (Å²) in [4.78, 5) is 6.76. The van der Waals surface area contributed by atoms with Crippen LogP contribution in [0.3, 0.4) is 0 Å². The Balaban J connectivity index is 2.45. The van der Waals surface area contributed by atoms with Crippen LogP contribution in [-0.2, 0) is 0 Å². The van der Waals surface area contributed by atoms with Crippen LogP contribution in [0.15, 0.2) is 29.8 Å². The van der Waals surface area contributed by atoms with Gasteiger partial charge in [-0.15, -0.1) is 0 Å². The van der Waals surface area contributed by atoms with E-state index < -0.39 is 6.04 Å². The molecule has 2 rings (SSSR count). The third kappa shape index (κ3) is 1.74. The predicted octanol–water partition coefficient (Wildman–Crippen LogP) is 1.07. The fourth-order valence-electron chi connectivity index (χ4n) is 1.27. The van der Waals surface area contributed by atoms with Crippen molar-refractivity contribution >= 4 is 5.65 Å². The maximum Gasteiger partial charge on any atom is 0.154 e. The summed E-state index contributed by atoms with van der Waals surface area (Å²) >= 11 is 0. The molecule has 76 valence electrons. The monoisotopic (exact) mass is 204 g/mol. The molecule has 0 fully saturated rings. The molecule has 0 bridgehead atoms. The number of aliphatic hydroxyl groups excluding tert-OH is 1. The van der Waals surface area contributed by atoms with E-state index in [1.165, 1.54) is 0 Å². The molecule has 0 saturated heterocycles. The number of aromatic nitrogens is 3. The number of hydrogen-bond acceptors (Lipinski definition) is 4. The second-order valence-corrected chi connectivity index (χ2v) is 2.92. The van der Waals surface area contributed by atoms with Crippen LogP contribution in [0.5, 0.6) is 0 Å². The van der Waals surface area contributed by atoms with Gasteiger partial charge < -0.3 is 5.11 Å². The molecule has 0 aliphatic heterocycles. The number of nitrogens with zero attached hydrogens (tertiary/aromatic N) is 6. The van der Waals surface area contributed by atoms with Gasteiger partial charge in [-0.3, -0.25) is 0 Å². The Morgan fingerprint density at radius 1 is 1.67 bits per heavy atom. The lowest BCUT2D eigenvalue weighted by Gasteiger charge is -2.06. The van der Waals surface area contributed by atoms with Crippen LogP contribution in [0.25, 0.3) is 16.1 Å². The van der Waals surface area contributed by atoms with Crippen LogP contribution >= 0.6 is 0 Å². The minimum absolute atomic E-state index is 0.251. The van der Waals surface area contributed by atoms with Gasteiger partial charge in [-0.25, -0.2) is 9.50 Å². The van der Waals surface area contributed by atoms with Gasteiger partial charge in [0.25, 0.3) is 0 Å². The molecule has 2 aromatic heterocycles. The first-order valence-corrected chi connectivity index (χ1v) is 4.29. The standard InChI is InChI=1S/C8H8N6O/c9-13-12-7(5-15)6-3-10-8-1-2-11-14(8)4-6/h1-4,7,15H,5H2. The van der Waals surface area contributed by atoms with E-state index in [1.54, 1.807) is 29.2 Å². The molecule has 7 heteroatoms. The number of hydrogen-bond donors (Lipinski definition) is 1. The Morgan fingerprint density at radius 3 is 3.27 bits per heavy atom. The van der Waals surface area contributed by atoms with Crippen molar-refractivity contribution in [1.29, 1.82) is 0 Å². The SMILES string of the molecule is [N-]=[N+]=NC(CO)c1cnc2ccnn2c1. The van der Waals surface area contributed by atoms with Crippen molar-refractivity contribution in [2.45, 2.75) is 6.04 Å². The lowest BCUT2D eigenvalue weighted by atomic mass is 10.2. The molecule has 0 aliphatic carbocycles. The average Bonchev–Trinajstić information content (AvgIpc) is 2.72. The summed E-state index contributed by atoms with van der Waals surface area (Å²) in [5, 5.41) is 16.5. The molecule has 7 nitrogen and oxygen atoms in total. The predicted molar refractivity (Wildman–Crippen MR) is 52.0 cm³/mol. The first-order chi connectivity index (χ1) is 7.35. The first kappa shape index (κ1) is 9.45. The van der Waals surface area contributed by atoms with Crippen LogP contribution in [0.4, 0.5) is 0 Å². The Morgan fingerprint density at radius 2 is 2.53 bits per heavy atom. The zero-order valence-electron chi connectivity index (χ0n) is 7.72. The zero-order valence-corrected chi connectivity index (χ0v) is 7.72. The molecule has 0 spiro atoms. The van der Waals surface area contributed by atoms with Crippen LogP contribution in [0.1, 0.15) is 11.6 Å². The second-order valence-electron chi connectivity index (χ2n) is 2.92. The molecule has 0 aliphatic rings. The van der Waals surface area contributed by atoms with Crippen molar-refractivity contribution in [1.82, 2.24) is 14.6 Å². The molecule has 15 heavy (non-hydrogen) atoms. The maximum atomic E-state index is 9.01. The van der Waals surface area contributed by atoms with Crippen molar-refractivity contribution in [3.63, 3.8) is 0 Å². The minimum atomic E-state index is -0.615. The topological polar surface area (TPSA) is 99.2 Å². The molecule has 1 N–H and O–H groups in total. The van der Waals surface area contributed by atoms with E-state index in [4.69, 9.17) is 10.6 Å². The first-order valence-electron chi connectivity index (χ1n) is 4.29. The van der Waals surface area contributed by atoms with Gasteiger partial charge in [0.1, 0.15) is 0 Å². The van der Waals surface area contributed by atoms with Gasteiger partial charge in [-0.2, -0.15) is 5.10 Å².